The summed E-state index contributed by atoms with van der Waals surface area (Å²) in [5.74, 6) is 2.27. The van der Waals surface area contributed by atoms with Crippen LogP contribution in [0.2, 0.25) is 0 Å². The molecule has 3 nitrogen and oxygen atoms in total. The number of piperidine rings is 2. The lowest BCUT2D eigenvalue weighted by Gasteiger charge is -2.37. The third kappa shape index (κ3) is 3.25. The lowest BCUT2D eigenvalue weighted by molar-refractivity contribution is -0.138. The molecule has 18 heavy (non-hydrogen) atoms. The Morgan fingerprint density at radius 2 is 1.78 bits per heavy atom. The SMILES string of the molecule is CC(C)C1CCN(C(=O)C2CCCN(C)C2)CC1. The maximum absolute atomic E-state index is 12.5. The molecule has 104 valence electrons. The largest absolute Gasteiger partial charge is 0.342 e. The third-order valence-electron chi connectivity index (χ3n) is 4.77. The minimum atomic E-state index is 0.263. The van der Waals surface area contributed by atoms with Gasteiger partial charge in [0.05, 0.1) is 5.92 Å². The van der Waals surface area contributed by atoms with Crippen LogP contribution in [0.1, 0.15) is 39.5 Å². The third-order valence-corrected chi connectivity index (χ3v) is 4.77. The van der Waals surface area contributed by atoms with Gasteiger partial charge in [-0.1, -0.05) is 13.8 Å². The van der Waals surface area contributed by atoms with E-state index in [0.29, 0.717) is 5.91 Å². The highest BCUT2D eigenvalue weighted by Crippen LogP contribution is 2.26. The van der Waals surface area contributed by atoms with Crippen molar-refractivity contribution in [3.05, 3.63) is 0 Å². The zero-order valence-electron chi connectivity index (χ0n) is 12.2. The van der Waals surface area contributed by atoms with E-state index in [9.17, 15) is 4.79 Å². The second-order valence-corrected chi connectivity index (χ2v) is 6.51. The first-order valence-electron chi connectivity index (χ1n) is 7.55. The summed E-state index contributed by atoms with van der Waals surface area (Å²) in [4.78, 5) is 16.9. The molecule has 2 aliphatic rings. The Bertz CT molecular complexity index is 282. The molecule has 3 heteroatoms. The number of hydrogen-bond donors (Lipinski definition) is 0. The van der Waals surface area contributed by atoms with E-state index in [1.807, 2.05) is 0 Å². The van der Waals surface area contributed by atoms with Gasteiger partial charge in [-0.2, -0.15) is 0 Å². The van der Waals surface area contributed by atoms with Crippen LogP contribution in [0.3, 0.4) is 0 Å². The van der Waals surface area contributed by atoms with E-state index in [1.54, 1.807) is 0 Å². The van der Waals surface area contributed by atoms with Gasteiger partial charge >= 0.3 is 0 Å². The average Bonchev–Trinajstić information content (AvgIpc) is 2.38. The molecule has 0 bridgehead atoms. The van der Waals surface area contributed by atoms with Gasteiger partial charge in [0.15, 0.2) is 0 Å². The second kappa shape index (κ2) is 6.05. The summed E-state index contributed by atoms with van der Waals surface area (Å²) in [5.41, 5.74) is 0. The Balaban J connectivity index is 1.83. The van der Waals surface area contributed by atoms with Crippen LogP contribution in [-0.2, 0) is 4.79 Å². The van der Waals surface area contributed by atoms with Gasteiger partial charge in [-0.15, -0.1) is 0 Å². The van der Waals surface area contributed by atoms with Crippen molar-refractivity contribution in [1.29, 1.82) is 0 Å². The lowest BCUT2D eigenvalue weighted by Crippen LogP contribution is -2.46. The fourth-order valence-corrected chi connectivity index (χ4v) is 3.41. The van der Waals surface area contributed by atoms with Crippen LogP contribution in [0.4, 0.5) is 0 Å². The topological polar surface area (TPSA) is 23.6 Å². The fourth-order valence-electron chi connectivity index (χ4n) is 3.41. The summed E-state index contributed by atoms with van der Waals surface area (Å²) in [7, 11) is 2.13. The molecule has 1 atom stereocenters. The Morgan fingerprint density at radius 1 is 1.11 bits per heavy atom. The molecular weight excluding hydrogens is 224 g/mol. The number of carbonyl (C=O) groups excluding carboxylic acids is 1. The summed E-state index contributed by atoms with van der Waals surface area (Å²) in [6.07, 6.45) is 4.67. The van der Waals surface area contributed by atoms with E-state index >= 15 is 0 Å². The van der Waals surface area contributed by atoms with Crippen molar-refractivity contribution in [3.63, 3.8) is 0 Å². The van der Waals surface area contributed by atoms with E-state index in [4.69, 9.17) is 0 Å². The van der Waals surface area contributed by atoms with Gasteiger partial charge in [0.1, 0.15) is 0 Å². The predicted molar refractivity (Wildman–Crippen MR) is 74.4 cm³/mol. The molecule has 0 aromatic heterocycles. The van der Waals surface area contributed by atoms with Gasteiger partial charge in [-0.05, 0) is 51.1 Å². The molecule has 2 rings (SSSR count). The summed E-state index contributed by atoms with van der Waals surface area (Å²) in [6, 6.07) is 0. The van der Waals surface area contributed by atoms with Crippen LogP contribution in [0, 0.1) is 17.8 Å². The summed E-state index contributed by atoms with van der Waals surface area (Å²) in [5, 5.41) is 0. The molecule has 0 spiro atoms. The van der Waals surface area contributed by atoms with Gasteiger partial charge in [-0.25, -0.2) is 0 Å². The number of rotatable bonds is 2. The van der Waals surface area contributed by atoms with E-state index in [2.05, 4.69) is 30.7 Å². The molecule has 0 aromatic rings. The Labute approximate surface area is 112 Å². The minimum Gasteiger partial charge on any atom is -0.342 e. The van der Waals surface area contributed by atoms with Crippen molar-refractivity contribution in [1.82, 2.24) is 9.80 Å². The molecule has 1 unspecified atom stereocenters. The molecule has 2 saturated heterocycles. The van der Waals surface area contributed by atoms with Crippen molar-refractivity contribution in [2.45, 2.75) is 39.5 Å². The van der Waals surface area contributed by atoms with E-state index in [-0.39, 0.29) is 5.92 Å². The molecule has 2 fully saturated rings. The van der Waals surface area contributed by atoms with Crippen LogP contribution >= 0.6 is 0 Å². The molecule has 2 heterocycles. The second-order valence-electron chi connectivity index (χ2n) is 6.51. The van der Waals surface area contributed by atoms with Crippen molar-refractivity contribution in [2.24, 2.45) is 17.8 Å². The first kappa shape index (κ1) is 13.9. The summed E-state index contributed by atoms with van der Waals surface area (Å²) < 4.78 is 0. The quantitative estimate of drug-likeness (QED) is 0.752. The normalized spacial score (nSPS) is 27.8. The van der Waals surface area contributed by atoms with Gasteiger partial charge in [0.25, 0.3) is 0 Å². The van der Waals surface area contributed by atoms with Crippen molar-refractivity contribution < 1.29 is 4.79 Å². The Hall–Kier alpha value is -0.570. The summed E-state index contributed by atoms with van der Waals surface area (Å²) in [6.45, 7) is 8.70. The van der Waals surface area contributed by atoms with E-state index in [1.165, 1.54) is 19.3 Å². The number of nitrogens with zero attached hydrogens (tertiary/aromatic N) is 2. The molecule has 0 aromatic carbocycles. The maximum atomic E-state index is 12.5. The van der Waals surface area contributed by atoms with Crippen LogP contribution in [0.5, 0.6) is 0 Å². The monoisotopic (exact) mass is 252 g/mol. The van der Waals surface area contributed by atoms with Gasteiger partial charge < -0.3 is 9.80 Å². The van der Waals surface area contributed by atoms with Crippen LogP contribution in [0.15, 0.2) is 0 Å². The zero-order valence-corrected chi connectivity index (χ0v) is 12.2. The number of amides is 1. The Morgan fingerprint density at radius 3 is 2.33 bits per heavy atom. The highest BCUT2D eigenvalue weighted by Gasteiger charge is 2.30. The van der Waals surface area contributed by atoms with Crippen molar-refractivity contribution >= 4 is 5.91 Å². The molecule has 0 N–H and O–H groups in total. The van der Waals surface area contributed by atoms with Crippen LogP contribution in [0.25, 0.3) is 0 Å². The molecule has 0 aliphatic carbocycles. The smallest absolute Gasteiger partial charge is 0.226 e. The van der Waals surface area contributed by atoms with E-state index < -0.39 is 0 Å². The lowest BCUT2D eigenvalue weighted by atomic mass is 9.86. The highest BCUT2D eigenvalue weighted by atomic mass is 16.2. The first-order chi connectivity index (χ1) is 8.58. The number of hydrogen-bond acceptors (Lipinski definition) is 2. The highest BCUT2D eigenvalue weighted by molar-refractivity contribution is 5.79. The van der Waals surface area contributed by atoms with Gasteiger partial charge in [0.2, 0.25) is 5.91 Å². The minimum absolute atomic E-state index is 0.263. The molecular formula is C15H28N2O. The molecule has 2 aliphatic heterocycles. The van der Waals surface area contributed by atoms with Gasteiger partial charge in [-0.3, -0.25) is 4.79 Å². The maximum Gasteiger partial charge on any atom is 0.226 e. The average molecular weight is 252 g/mol. The van der Waals surface area contributed by atoms with Crippen LogP contribution < -0.4 is 0 Å². The van der Waals surface area contributed by atoms with Crippen LogP contribution in [-0.4, -0.2) is 48.9 Å². The van der Waals surface area contributed by atoms with Crippen molar-refractivity contribution in [2.75, 3.05) is 33.2 Å². The van der Waals surface area contributed by atoms with Gasteiger partial charge in [0, 0.05) is 19.6 Å². The first-order valence-corrected chi connectivity index (χ1v) is 7.55. The molecule has 1 amide bonds. The summed E-state index contributed by atoms with van der Waals surface area (Å²) >= 11 is 0. The number of likely N-dealkylation sites (tertiary alicyclic amines) is 2. The Kier molecular flexibility index (Phi) is 4.66. The fraction of sp³-hybridized carbons (Fsp3) is 0.933. The van der Waals surface area contributed by atoms with E-state index in [0.717, 1.165) is 44.4 Å². The molecule has 0 saturated carbocycles. The number of carbonyl (C=O) groups is 1. The molecule has 0 radical (unpaired) electrons. The zero-order chi connectivity index (χ0) is 13.1. The van der Waals surface area contributed by atoms with Crippen molar-refractivity contribution in [3.8, 4) is 0 Å². The standard InChI is InChI=1S/C15H28N2O/c1-12(2)13-6-9-17(10-7-13)15(18)14-5-4-8-16(3)11-14/h12-14H,4-11H2,1-3H3. The predicted octanol–water partition coefficient (Wildman–Crippen LogP) is 2.22.